The summed E-state index contributed by atoms with van der Waals surface area (Å²) in [7, 11) is 0. The number of hydrogen-bond acceptors (Lipinski definition) is 4. The number of carboxylic acids is 1. The van der Waals surface area contributed by atoms with Crippen LogP contribution in [0.2, 0.25) is 0 Å². The first-order valence-corrected chi connectivity index (χ1v) is 6.63. The molecule has 0 aliphatic carbocycles. The molecule has 106 valence electrons. The highest BCUT2D eigenvalue weighted by Crippen LogP contribution is 2.21. The summed E-state index contributed by atoms with van der Waals surface area (Å²) in [5.74, 6) is -0.325. The van der Waals surface area contributed by atoms with Crippen molar-refractivity contribution in [2.45, 2.75) is 38.6 Å². The maximum Gasteiger partial charge on any atom is 0.331 e. The van der Waals surface area contributed by atoms with Crippen molar-refractivity contribution in [1.29, 1.82) is 0 Å². The van der Waals surface area contributed by atoms with Gasteiger partial charge in [-0.1, -0.05) is 37.3 Å². The molecule has 6 heteroatoms. The molecule has 0 saturated carbocycles. The molecule has 20 heavy (non-hydrogen) atoms. The number of benzene rings is 1. The number of nitrogens with zero attached hydrogens (tertiary/aromatic N) is 4. The molecule has 6 nitrogen and oxygen atoms in total. The van der Waals surface area contributed by atoms with Crippen molar-refractivity contribution >= 4 is 5.97 Å². The standard InChI is InChI=1S/C14H18N4O2/c1-3-14(2,13(19)20)18-12(15-16-17-18)10-9-11-7-5-4-6-8-11/h4-8H,3,9-10H2,1-2H3,(H,19,20). The molecule has 0 radical (unpaired) electrons. The zero-order valence-electron chi connectivity index (χ0n) is 11.7. The number of aliphatic carboxylic acids is 1. The Labute approximate surface area is 117 Å². The lowest BCUT2D eigenvalue weighted by Gasteiger charge is -2.23. The van der Waals surface area contributed by atoms with E-state index in [0.29, 0.717) is 18.7 Å². The minimum Gasteiger partial charge on any atom is -0.479 e. The summed E-state index contributed by atoms with van der Waals surface area (Å²) >= 11 is 0. The minimum atomic E-state index is -1.10. The number of aryl methyl sites for hydroxylation is 2. The number of tetrazole rings is 1. The fourth-order valence-electron chi connectivity index (χ4n) is 2.04. The maximum absolute atomic E-state index is 11.5. The maximum atomic E-state index is 11.5. The van der Waals surface area contributed by atoms with Gasteiger partial charge in [-0.25, -0.2) is 9.48 Å². The van der Waals surface area contributed by atoms with Crippen LogP contribution >= 0.6 is 0 Å². The third-order valence-corrected chi connectivity index (χ3v) is 3.63. The molecule has 1 heterocycles. The molecule has 2 aromatic rings. The first-order chi connectivity index (χ1) is 9.58. The smallest absolute Gasteiger partial charge is 0.331 e. The predicted octanol–water partition coefficient (Wildman–Crippen LogP) is 1.67. The number of hydrogen-bond donors (Lipinski definition) is 1. The molecule has 0 aliphatic heterocycles. The Kier molecular flexibility index (Phi) is 4.12. The van der Waals surface area contributed by atoms with Crippen LogP contribution in [0, 0.1) is 0 Å². The molecule has 1 aromatic carbocycles. The molecule has 0 aliphatic rings. The molecule has 0 saturated heterocycles. The van der Waals surface area contributed by atoms with E-state index in [1.165, 1.54) is 10.2 Å². The van der Waals surface area contributed by atoms with Gasteiger partial charge in [0.25, 0.3) is 0 Å². The summed E-state index contributed by atoms with van der Waals surface area (Å²) < 4.78 is 1.43. The van der Waals surface area contributed by atoms with Crippen molar-refractivity contribution in [1.82, 2.24) is 20.2 Å². The largest absolute Gasteiger partial charge is 0.479 e. The van der Waals surface area contributed by atoms with E-state index in [1.54, 1.807) is 6.92 Å². The van der Waals surface area contributed by atoms with Crippen molar-refractivity contribution in [2.75, 3.05) is 0 Å². The molecule has 0 spiro atoms. The molecule has 1 unspecified atom stereocenters. The molecule has 0 fully saturated rings. The molecule has 1 aromatic heterocycles. The second-order valence-corrected chi connectivity index (χ2v) is 4.93. The first-order valence-electron chi connectivity index (χ1n) is 6.63. The van der Waals surface area contributed by atoms with Gasteiger partial charge in [0.1, 0.15) is 0 Å². The Morgan fingerprint density at radius 2 is 2.00 bits per heavy atom. The highest BCUT2D eigenvalue weighted by molar-refractivity contribution is 5.76. The van der Waals surface area contributed by atoms with Gasteiger partial charge in [-0.05, 0) is 35.8 Å². The van der Waals surface area contributed by atoms with Crippen LogP contribution in [0.5, 0.6) is 0 Å². The van der Waals surface area contributed by atoms with Crippen LogP contribution in [0.25, 0.3) is 0 Å². The summed E-state index contributed by atoms with van der Waals surface area (Å²) in [5, 5.41) is 20.9. The van der Waals surface area contributed by atoms with Crippen LogP contribution in [0.15, 0.2) is 30.3 Å². The fraction of sp³-hybridized carbons (Fsp3) is 0.429. The third-order valence-electron chi connectivity index (χ3n) is 3.63. The summed E-state index contributed by atoms with van der Waals surface area (Å²) in [6.07, 6.45) is 1.81. The van der Waals surface area contributed by atoms with E-state index in [1.807, 2.05) is 37.3 Å². The summed E-state index contributed by atoms with van der Waals surface area (Å²) in [5.41, 5.74) is 0.0748. The molecule has 0 bridgehead atoms. The van der Waals surface area contributed by atoms with E-state index in [4.69, 9.17) is 0 Å². The van der Waals surface area contributed by atoms with Crippen LogP contribution < -0.4 is 0 Å². The molecular weight excluding hydrogens is 256 g/mol. The van der Waals surface area contributed by atoms with Crippen LogP contribution in [0.1, 0.15) is 31.7 Å². The monoisotopic (exact) mass is 274 g/mol. The Balaban J connectivity index is 2.19. The van der Waals surface area contributed by atoms with Crippen molar-refractivity contribution in [2.24, 2.45) is 0 Å². The molecule has 2 rings (SSSR count). The highest BCUT2D eigenvalue weighted by atomic mass is 16.4. The van der Waals surface area contributed by atoms with Gasteiger partial charge < -0.3 is 5.11 Å². The average molecular weight is 274 g/mol. The number of carbonyl (C=O) groups is 1. The van der Waals surface area contributed by atoms with Gasteiger partial charge in [0.05, 0.1) is 0 Å². The second-order valence-electron chi connectivity index (χ2n) is 4.93. The molecular formula is C14H18N4O2. The number of rotatable bonds is 6. The van der Waals surface area contributed by atoms with Crippen molar-refractivity contribution in [3.8, 4) is 0 Å². The summed E-state index contributed by atoms with van der Waals surface area (Å²) in [6, 6.07) is 9.98. The van der Waals surface area contributed by atoms with E-state index in [-0.39, 0.29) is 0 Å². The Bertz CT molecular complexity index is 582. The molecule has 1 atom stereocenters. The lowest BCUT2D eigenvalue weighted by molar-refractivity contribution is -0.147. The van der Waals surface area contributed by atoms with Gasteiger partial charge in [-0.3, -0.25) is 0 Å². The zero-order chi connectivity index (χ0) is 14.6. The zero-order valence-corrected chi connectivity index (χ0v) is 11.7. The van der Waals surface area contributed by atoms with Gasteiger partial charge in [-0.2, -0.15) is 0 Å². The normalized spacial score (nSPS) is 13.9. The van der Waals surface area contributed by atoms with E-state index >= 15 is 0 Å². The fourth-order valence-corrected chi connectivity index (χ4v) is 2.04. The van der Waals surface area contributed by atoms with Gasteiger partial charge in [0.15, 0.2) is 11.4 Å². The average Bonchev–Trinajstić information content (AvgIpc) is 2.94. The van der Waals surface area contributed by atoms with E-state index in [0.717, 1.165) is 6.42 Å². The van der Waals surface area contributed by atoms with Crippen LogP contribution in [0.3, 0.4) is 0 Å². The molecule has 0 amide bonds. The lowest BCUT2D eigenvalue weighted by atomic mass is 9.99. The van der Waals surface area contributed by atoms with E-state index < -0.39 is 11.5 Å². The lowest BCUT2D eigenvalue weighted by Crippen LogP contribution is -2.40. The van der Waals surface area contributed by atoms with Crippen molar-refractivity contribution in [3.63, 3.8) is 0 Å². The van der Waals surface area contributed by atoms with Gasteiger partial charge in [0, 0.05) is 6.42 Å². The Morgan fingerprint density at radius 1 is 1.30 bits per heavy atom. The number of aromatic nitrogens is 4. The first kappa shape index (κ1) is 14.2. The van der Waals surface area contributed by atoms with E-state index in [2.05, 4.69) is 15.5 Å². The van der Waals surface area contributed by atoms with E-state index in [9.17, 15) is 9.90 Å². The van der Waals surface area contributed by atoms with Crippen LogP contribution in [-0.2, 0) is 23.2 Å². The van der Waals surface area contributed by atoms with Gasteiger partial charge >= 0.3 is 5.97 Å². The summed E-state index contributed by atoms with van der Waals surface area (Å²) in [4.78, 5) is 11.5. The predicted molar refractivity (Wildman–Crippen MR) is 73.2 cm³/mol. The second kappa shape index (κ2) is 5.81. The van der Waals surface area contributed by atoms with Crippen LogP contribution in [-0.4, -0.2) is 31.3 Å². The minimum absolute atomic E-state index is 0.422. The Hall–Kier alpha value is -2.24. The third kappa shape index (κ3) is 2.68. The number of carboxylic acid groups (broad SMARTS) is 1. The van der Waals surface area contributed by atoms with Gasteiger partial charge in [-0.15, -0.1) is 5.10 Å². The Morgan fingerprint density at radius 3 is 2.60 bits per heavy atom. The SMILES string of the molecule is CCC(C)(C(=O)O)n1nnnc1CCc1ccccc1. The topological polar surface area (TPSA) is 80.9 Å². The van der Waals surface area contributed by atoms with Crippen molar-refractivity contribution < 1.29 is 9.90 Å². The van der Waals surface area contributed by atoms with Gasteiger partial charge in [0.2, 0.25) is 0 Å². The van der Waals surface area contributed by atoms with Crippen LogP contribution in [0.4, 0.5) is 0 Å². The molecule has 1 N–H and O–H groups in total. The quantitative estimate of drug-likeness (QED) is 0.866. The van der Waals surface area contributed by atoms with Crippen molar-refractivity contribution in [3.05, 3.63) is 41.7 Å². The summed E-state index contributed by atoms with van der Waals surface area (Å²) in [6.45, 7) is 3.45. The highest BCUT2D eigenvalue weighted by Gasteiger charge is 2.36.